The molecule has 1 atom stereocenters. The van der Waals surface area contributed by atoms with E-state index in [1.807, 2.05) is 0 Å². The molecule has 11 heteroatoms. The maximum Gasteiger partial charge on any atom is 0.264 e. The Balaban J connectivity index is 1.71. The number of halogens is 2. The molecule has 0 bridgehead atoms. The van der Waals surface area contributed by atoms with Crippen LogP contribution in [0.5, 0.6) is 5.75 Å². The molecule has 4 rings (SSSR count). The van der Waals surface area contributed by atoms with Crippen LogP contribution in [0.4, 0.5) is 5.69 Å². The third-order valence-electron chi connectivity index (χ3n) is 7.42. The molecule has 0 unspecified atom stereocenters. The molecule has 1 aliphatic rings. The summed E-state index contributed by atoms with van der Waals surface area (Å²) in [6.45, 7) is 1.09. The van der Waals surface area contributed by atoms with Gasteiger partial charge in [0.2, 0.25) is 11.8 Å². The number of ether oxygens (including phenoxy) is 1. The van der Waals surface area contributed by atoms with Crippen molar-refractivity contribution in [1.82, 2.24) is 10.2 Å². The first-order valence-electron chi connectivity index (χ1n) is 13.9. The van der Waals surface area contributed by atoms with Gasteiger partial charge in [0.05, 0.1) is 27.7 Å². The highest BCUT2D eigenvalue weighted by atomic mass is 35.5. The molecule has 8 nitrogen and oxygen atoms in total. The Bertz CT molecular complexity index is 1500. The predicted octanol–water partition coefficient (Wildman–Crippen LogP) is 6.06. The lowest BCUT2D eigenvalue weighted by Crippen LogP contribution is -2.53. The third-order valence-corrected chi connectivity index (χ3v) is 9.93. The molecule has 2 amide bonds. The van der Waals surface area contributed by atoms with Crippen molar-refractivity contribution in [3.63, 3.8) is 0 Å². The van der Waals surface area contributed by atoms with Crippen LogP contribution in [-0.4, -0.2) is 50.9 Å². The van der Waals surface area contributed by atoms with Gasteiger partial charge >= 0.3 is 0 Å². The van der Waals surface area contributed by atoms with Gasteiger partial charge in [0.15, 0.2) is 0 Å². The minimum atomic E-state index is -4.20. The second-order valence-electron chi connectivity index (χ2n) is 10.3. The first-order chi connectivity index (χ1) is 20.1. The van der Waals surface area contributed by atoms with Crippen LogP contribution in [0.3, 0.4) is 0 Å². The molecular formula is C31H35Cl2N3O5S. The minimum absolute atomic E-state index is 0.0140. The van der Waals surface area contributed by atoms with Crippen LogP contribution < -0.4 is 14.4 Å². The fourth-order valence-corrected chi connectivity index (χ4v) is 6.82. The second-order valence-corrected chi connectivity index (χ2v) is 13.0. The van der Waals surface area contributed by atoms with Crippen molar-refractivity contribution >= 4 is 50.7 Å². The summed E-state index contributed by atoms with van der Waals surface area (Å²) in [4.78, 5) is 29.0. The van der Waals surface area contributed by atoms with E-state index in [1.54, 1.807) is 67.6 Å². The zero-order chi connectivity index (χ0) is 30.3. The molecule has 0 heterocycles. The lowest BCUT2D eigenvalue weighted by Gasteiger charge is -2.33. The number of carbonyl (C=O) groups excluding carboxylic acids is 2. The van der Waals surface area contributed by atoms with Gasteiger partial charge in [-0.1, -0.05) is 78.9 Å². The lowest BCUT2D eigenvalue weighted by atomic mass is 9.95. The molecule has 0 saturated heterocycles. The van der Waals surface area contributed by atoms with E-state index in [9.17, 15) is 18.0 Å². The van der Waals surface area contributed by atoms with Crippen molar-refractivity contribution in [2.24, 2.45) is 0 Å². The molecule has 0 radical (unpaired) electrons. The van der Waals surface area contributed by atoms with Crippen LogP contribution in [0.15, 0.2) is 77.7 Å². The number of nitrogens with zero attached hydrogens (tertiary/aromatic N) is 2. The molecular weight excluding hydrogens is 597 g/mol. The number of para-hydroxylation sites is 2. The predicted molar refractivity (Wildman–Crippen MR) is 165 cm³/mol. The van der Waals surface area contributed by atoms with Gasteiger partial charge < -0.3 is 15.0 Å². The van der Waals surface area contributed by atoms with Crippen LogP contribution in [-0.2, 0) is 26.2 Å². The second kappa shape index (κ2) is 14.3. The smallest absolute Gasteiger partial charge is 0.264 e. The fourth-order valence-electron chi connectivity index (χ4n) is 5.05. The summed E-state index contributed by atoms with van der Waals surface area (Å²) >= 11 is 12.4. The standard InChI is InChI=1S/C31H35Cl2N3O5S/c1-22(31(38)34-24-11-5-3-6-12-24)35(20-23-17-18-26(32)27(33)19-23)30(37)21-36(28-15-9-10-16-29(28)41-2)42(39,40)25-13-7-4-8-14-25/h4,7-10,13-19,22,24H,3,5-6,11-12,20-21H2,1-2H3,(H,34,38)/t22-/m1/s1. The van der Waals surface area contributed by atoms with Gasteiger partial charge in [0, 0.05) is 12.6 Å². The number of sulfonamides is 1. The number of hydrogen-bond donors (Lipinski definition) is 1. The van der Waals surface area contributed by atoms with Gasteiger partial charge in [-0.15, -0.1) is 0 Å². The number of benzene rings is 3. The van der Waals surface area contributed by atoms with Crippen LogP contribution in [0.2, 0.25) is 10.0 Å². The van der Waals surface area contributed by atoms with E-state index in [0.29, 0.717) is 15.6 Å². The average Bonchev–Trinajstić information content (AvgIpc) is 3.00. The van der Waals surface area contributed by atoms with E-state index in [2.05, 4.69) is 5.32 Å². The van der Waals surface area contributed by atoms with E-state index < -0.39 is 28.5 Å². The SMILES string of the molecule is COc1ccccc1N(CC(=O)N(Cc1ccc(Cl)c(Cl)c1)[C@H](C)C(=O)NC1CCCCC1)S(=O)(=O)c1ccccc1. The zero-order valence-electron chi connectivity index (χ0n) is 23.6. The Morgan fingerprint density at radius 3 is 2.29 bits per heavy atom. The van der Waals surface area contributed by atoms with Gasteiger partial charge in [0.25, 0.3) is 10.0 Å². The maximum absolute atomic E-state index is 14.1. The largest absolute Gasteiger partial charge is 0.495 e. The van der Waals surface area contributed by atoms with Crippen LogP contribution in [0, 0.1) is 0 Å². The number of hydrogen-bond acceptors (Lipinski definition) is 5. The van der Waals surface area contributed by atoms with Crippen molar-refractivity contribution in [1.29, 1.82) is 0 Å². The first-order valence-corrected chi connectivity index (χ1v) is 16.1. The highest BCUT2D eigenvalue weighted by molar-refractivity contribution is 7.92. The van der Waals surface area contributed by atoms with Crippen molar-refractivity contribution < 1.29 is 22.7 Å². The van der Waals surface area contributed by atoms with Crippen LogP contribution in [0.25, 0.3) is 0 Å². The Morgan fingerprint density at radius 2 is 1.62 bits per heavy atom. The van der Waals surface area contributed by atoms with E-state index in [1.165, 1.54) is 24.1 Å². The highest BCUT2D eigenvalue weighted by Crippen LogP contribution is 2.33. The summed E-state index contributed by atoms with van der Waals surface area (Å²) in [7, 11) is -2.77. The summed E-state index contributed by atoms with van der Waals surface area (Å²) in [5, 5.41) is 3.76. The topological polar surface area (TPSA) is 96.0 Å². The Morgan fingerprint density at radius 1 is 0.952 bits per heavy atom. The van der Waals surface area contributed by atoms with Gasteiger partial charge in [-0.3, -0.25) is 13.9 Å². The molecule has 0 aliphatic heterocycles. The molecule has 1 saturated carbocycles. The molecule has 3 aromatic carbocycles. The summed E-state index contributed by atoms with van der Waals surface area (Å²) in [6.07, 6.45) is 4.98. The van der Waals surface area contributed by atoms with E-state index in [-0.39, 0.29) is 34.8 Å². The number of carbonyl (C=O) groups is 2. The summed E-state index contributed by atoms with van der Waals surface area (Å²) in [6, 6.07) is 18.6. The Hall–Kier alpha value is -3.27. The minimum Gasteiger partial charge on any atom is -0.495 e. The summed E-state index contributed by atoms with van der Waals surface area (Å²) in [5.74, 6) is -0.591. The molecule has 1 fully saturated rings. The zero-order valence-corrected chi connectivity index (χ0v) is 26.0. The van der Waals surface area contributed by atoms with Gasteiger partial charge in [-0.2, -0.15) is 0 Å². The molecule has 1 aliphatic carbocycles. The number of anilines is 1. The van der Waals surface area contributed by atoms with Crippen molar-refractivity contribution in [3.05, 3.63) is 88.4 Å². The van der Waals surface area contributed by atoms with Gasteiger partial charge in [0.1, 0.15) is 18.3 Å². The van der Waals surface area contributed by atoms with Crippen molar-refractivity contribution in [3.8, 4) is 5.75 Å². The van der Waals surface area contributed by atoms with Crippen molar-refractivity contribution in [2.45, 2.75) is 62.6 Å². The normalized spacial score (nSPS) is 14.6. The molecule has 3 aromatic rings. The van der Waals surface area contributed by atoms with Crippen LogP contribution >= 0.6 is 23.2 Å². The van der Waals surface area contributed by atoms with E-state index in [4.69, 9.17) is 27.9 Å². The quantitative estimate of drug-likeness (QED) is 0.277. The molecule has 1 N–H and O–H groups in total. The first kappa shape index (κ1) is 31.7. The number of rotatable bonds is 11. The van der Waals surface area contributed by atoms with E-state index >= 15 is 0 Å². The number of methoxy groups -OCH3 is 1. The Kier molecular flexibility index (Phi) is 10.8. The highest BCUT2D eigenvalue weighted by Gasteiger charge is 2.34. The maximum atomic E-state index is 14.1. The third kappa shape index (κ3) is 7.56. The molecule has 224 valence electrons. The molecule has 0 aromatic heterocycles. The van der Waals surface area contributed by atoms with Crippen molar-refractivity contribution in [2.75, 3.05) is 18.0 Å². The van der Waals surface area contributed by atoms with Gasteiger partial charge in [-0.25, -0.2) is 8.42 Å². The summed E-state index contributed by atoms with van der Waals surface area (Å²) < 4.78 is 34.4. The Labute approximate surface area is 257 Å². The number of nitrogens with one attached hydrogen (secondary N) is 1. The van der Waals surface area contributed by atoms with E-state index in [0.717, 1.165) is 36.4 Å². The average molecular weight is 633 g/mol. The number of amides is 2. The summed E-state index contributed by atoms with van der Waals surface area (Å²) in [5.41, 5.74) is 0.843. The molecule has 42 heavy (non-hydrogen) atoms. The fraction of sp³-hybridized carbons (Fsp3) is 0.355. The monoisotopic (exact) mass is 631 g/mol. The van der Waals surface area contributed by atoms with Gasteiger partial charge in [-0.05, 0) is 61.7 Å². The lowest BCUT2D eigenvalue weighted by molar-refractivity contribution is -0.139. The molecule has 0 spiro atoms. The van der Waals surface area contributed by atoms with Crippen LogP contribution in [0.1, 0.15) is 44.6 Å².